The molecule has 0 radical (unpaired) electrons. The van der Waals surface area contributed by atoms with E-state index in [4.69, 9.17) is 9.47 Å². The summed E-state index contributed by atoms with van der Waals surface area (Å²) in [6.45, 7) is 2.36. The van der Waals surface area contributed by atoms with E-state index < -0.39 is 0 Å². The van der Waals surface area contributed by atoms with Crippen LogP contribution in [0.15, 0.2) is 42.5 Å². The molecule has 0 heterocycles. The molecule has 2 aromatic carbocycles. The molecule has 2 rings (SSSR count). The Bertz CT molecular complexity index is 793. The van der Waals surface area contributed by atoms with Gasteiger partial charge in [0, 0.05) is 37.8 Å². The standard InChI is InChI=1S/C20H25N3O4/c1-14(24)23-17-6-4-5-16(12-17)21-10-9-20(25)22-13-15-7-8-18(26-2)19(11-15)27-3/h4-8,11-12,21H,9-10,13H2,1-3H3,(H,22,25)(H,23,24). The Morgan fingerprint density at radius 1 is 0.963 bits per heavy atom. The number of carbonyl (C=O) groups excluding carboxylic acids is 2. The van der Waals surface area contributed by atoms with Crippen molar-refractivity contribution >= 4 is 23.2 Å². The summed E-state index contributed by atoms with van der Waals surface area (Å²) in [4.78, 5) is 23.1. The molecule has 3 N–H and O–H groups in total. The Labute approximate surface area is 159 Å². The zero-order valence-corrected chi connectivity index (χ0v) is 15.8. The van der Waals surface area contributed by atoms with Crippen molar-refractivity contribution in [2.75, 3.05) is 31.4 Å². The number of methoxy groups -OCH3 is 2. The maximum Gasteiger partial charge on any atom is 0.222 e. The molecule has 0 atom stereocenters. The molecule has 0 bridgehead atoms. The Morgan fingerprint density at radius 2 is 1.70 bits per heavy atom. The second-order valence-corrected chi connectivity index (χ2v) is 5.90. The molecule has 0 unspecified atom stereocenters. The largest absolute Gasteiger partial charge is 0.493 e. The molecule has 0 aromatic heterocycles. The molecular formula is C20H25N3O4. The van der Waals surface area contributed by atoms with Crippen LogP contribution >= 0.6 is 0 Å². The number of hydrogen-bond acceptors (Lipinski definition) is 5. The first-order valence-corrected chi connectivity index (χ1v) is 8.61. The van der Waals surface area contributed by atoms with Gasteiger partial charge in [0.05, 0.1) is 14.2 Å². The average Bonchev–Trinajstić information content (AvgIpc) is 2.66. The minimum Gasteiger partial charge on any atom is -0.493 e. The first-order valence-electron chi connectivity index (χ1n) is 8.61. The van der Waals surface area contributed by atoms with Gasteiger partial charge >= 0.3 is 0 Å². The molecule has 2 amide bonds. The van der Waals surface area contributed by atoms with Crippen LogP contribution in [0, 0.1) is 0 Å². The number of carbonyl (C=O) groups is 2. The van der Waals surface area contributed by atoms with Crippen LogP contribution in [-0.4, -0.2) is 32.6 Å². The second-order valence-electron chi connectivity index (χ2n) is 5.90. The van der Waals surface area contributed by atoms with Crippen molar-refractivity contribution in [3.8, 4) is 11.5 Å². The van der Waals surface area contributed by atoms with Gasteiger partial charge in [0.2, 0.25) is 11.8 Å². The van der Waals surface area contributed by atoms with Crippen molar-refractivity contribution in [1.82, 2.24) is 5.32 Å². The third-order valence-electron chi connectivity index (χ3n) is 3.80. The van der Waals surface area contributed by atoms with E-state index in [0.717, 1.165) is 11.3 Å². The smallest absolute Gasteiger partial charge is 0.222 e. The number of benzene rings is 2. The van der Waals surface area contributed by atoms with Gasteiger partial charge in [-0.3, -0.25) is 9.59 Å². The predicted octanol–water partition coefficient (Wildman–Crippen LogP) is 2.78. The summed E-state index contributed by atoms with van der Waals surface area (Å²) >= 11 is 0. The Hall–Kier alpha value is -3.22. The number of nitrogens with one attached hydrogen (secondary N) is 3. The fraction of sp³-hybridized carbons (Fsp3) is 0.300. The maximum absolute atomic E-state index is 12.0. The molecule has 144 valence electrons. The summed E-state index contributed by atoms with van der Waals surface area (Å²) in [5, 5.41) is 8.77. The lowest BCUT2D eigenvalue weighted by molar-refractivity contribution is -0.121. The minimum absolute atomic E-state index is 0.0599. The van der Waals surface area contributed by atoms with E-state index in [-0.39, 0.29) is 11.8 Å². The molecule has 27 heavy (non-hydrogen) atoms. The fourth-order valence-electron chi connectivity index (χ4n) is 2.51. The Kier molecular flexibility index (Phi) is 7.49. The van der Waals surface area contributed by atoms with Crippen LogP contribution < -0.4 is 25.4 Å². The Morgan fingerprint density at radius 3 is 2.41 bits per heavy atom. The van der Waals surface area contributed by atoms with Gasteiger partial charge in [-0.05, 0) is 35.9 Å². The number of anilines is 2. The SMILES string of the molecule is COc1ccc(CNC(=O)CCNc2cccc(NC(C)=O)c2)cc1OC. The summed E-state index contributed by atoms with van der Waals surface area (Å²) in [7, 11) is 3.16. The van der Waals surface area contributed by atoms with E-state index >= 15 is 0 Å². The van der Waals surface area contributed by atoms with Crippen molar-refractivity contribution < 1.29 is 19.1 Å². The molecule has 2 aromatic rings. The van der Waals surface area contributed by atoms with Crippen LogP contribution in [0.1, 0.15) is 18.9 Å². The van der Waals surface area contributed by atoms with E-state index in [2.05, 4.69) is 16.0 Å². The number of rotatable bonds is 9. The molecule has 7 nitrogen and oxygen atoms in total. The zero-order valence-electron chi connectivity index (χ0n) is 15.8. The lowest BCUT2D eigenvalue weighted by Gasteiger charge is -2.11. The average molecular weight is 371 g/mol. The van der Waals surface area contributed by atoms with Gasteiger partial charge in [-0.25, -0.2) is 0 Å². The van der Waals surface area contributed by atoms with Crippen LogP contribution in [0.2, 0.25) is 0 Å². The van der Waals surface area contributed by atoms with E-state index in [1.807, 2.05) is 42.5 Å². The van der Waals surface area contributed by atoms with Gasteiger partial charge in [0.25, 0.3) is 0 Å². The van der Waals surface area contributed by atoms with Crippen LogP contribution in [0.4, 0.5) is 11.4 Å². The molecule has 0 spiro atoms. The lowest BCUT2D eigenvalue weighted by atomic mass is 10.2. The van der Waals surface area contributed by atoms with E-state index in [9.17, 15) is 9.59 Å². The number of hydrogen-bond donors (Lipinski definition) is 3. The van der Waals surface area contributed by atoms with Crippen molar-refractivity contribution in [3.63, 3.8) is 0 Å². The summed E-state index contributed by atoms with van der Waals surface area (Å²) in [6, 6.07) is 12.9. The molecule has 0 saturated heterocycles. The quantitative estimate of drug-likeness (QED) is 0.631. The van der Waals surface area contributed by atoms with Gasteiger partial charge in [-0.1, -0.05) is 12.1 Å². The van der Waals surface area contributed by atoms with E-state index in [1.54, 1.807) is 14.2 Å². The summed E-state index contributed by atoms with van der Waals surface area (Å²) in [5.74, 6) is 1.10. The highest BCUT2D eigenvalue weighted by Gasteiger charge is 2.06. The van der Waals surface area contributed by atoms with E-state index in [1.165, 1.54) is 6.92 Å². The highest BCUT2D eigenvalue weighted by molar-refractivity contribution is 5.89. The van der Waals surface area contributed by atoms with Crippen molar-refractivity contribution in [1.29, 1.82) is 0 Å². The summed E-state index contributed by atoms with van der Waals surface area (Å²) < 4.78 is 10.5. The first kappa shape index (κ1) is 20.1. The zero-order chi connectivity index (χ0) is 19.6. The van der Waals surface area contributed by atoms with Crippen molar-refractivity contribution in [2.24, 2.45) is 0 Å². The predicted molar refractivity (Wildman–Crippen MR) is 105 cm³/mol. The Balaban J connectivity index is 1.77. The second kappa shape index (κ2) is 10.1. The fourth-order valence-corrected chi connectivity index (χ4v) is 2.51. The van der Waals surface area contributed by atoms with Gasteiger partial charge in [-0.15, -0.1) is 0 Å². The maximum atomic E-state index is 12.0. The normalized spacial score (nSPS) is 10.0. The molecule has 0 aliphatic heterocycles. The highest BCUT2D eigenvalue weighted by Crippen LogP contribution is 2.27. The number of amides is 2. The van der Waals surface area contributed by atoms with Gasteiger partial charge in [0.1, 0.15) is 0 Å². The third kappa shape index (κ3) is 6.54. The molecule has 7 heteroatoms. The molecule has 0 fully saturated rings. The minimum atomic E-state index is -0.123. The van der Waals surface area contributed by atoms with Crippen LogP contribution in [0.3, 0.4) is 0 Å². The van der Waals surface area contributed by atoms with Crippen LogP contribution in [0.5, 0.6) is 11.5 Å². The molecular weight excluding hydrogens is 346 g/mol. The summed E-state index contributed by atoms with van der Waals surface area (Å²) in [5.41, 5.74) is 2.48. The van der Waals surface area contributed by atoms with Gasteiger partial charge in [0.15, 0.2) is 11.5 Å². The van der Waals surface area contributed by atoms with Gasteiger partial charge < -0.3 is 25.4 Å². The van der Waals surface area contributed by atoms with Crippen LogP contribution in [0.25, 0.3) is 0 Å². The highest BCUT2D eigenvalue weighted by atomic mass is 16.5. The molecule has 0 saturated carbocycles. The lowest BCUT2D eigenvalue weighted by Crippen LogP contribution is -2.24. The molecule has 0 aliphatic rings. The van der Waals surface area contributed by atoms with E-state index in [0.29, 0.717) is 36.7 Å². The van der Waals surface area contributed by atoms with Gasteiger partial charge in [-0.2, -0.15) is 0 Å². The van der Waals surface area contributed by atoms with Crippen molar-refractivity contribution in [3.05, 3.63) is 48.0 Å². The molecule has 0 aliphatic carbocycles. The van der Waals surface area contributed by atoms with Crippen LogP contribution in [-0.2, 0) is 16.1 Å². The third-order valence-corrected chi connectivity index (χ3v) is 3.80. The van der Waals surface area contributed by atoms with Crippen molar-refractivity contribution in [2.45, 2.75) is 19.9 Å². The topological polar surface area (TPSA) is 88.7 Å². The monoisotopic (exact) mass is 371 g/mol. The number of ether oxygens (including phenoxy) is 2. The first-order chi connectivity index (χ1) is 13.0. The summed E-state index contributed by atoms with van der Waals surface area (Å²) in [6.07, 6.45) is 0.331.